The normalized spacial score (nSPS) is 18.4. The number of sulfonamides is 1. The largest absolute Gasteiger partial charge is 0.480 e. The van der Waals surface area contributed by atoms with E-state index in [4.69, 9.17) is 0 Å². The Morgan fingerprint density at radius 3 is 2.48 bits per heavy atom. The summed E-state index contributed by atoms with van der Waals surface area (Å²) in [7, 11) is -3.87. The van der Waals surface area contributed by atoms with Crippen LogP contribution < -0.4 is 0 Å². The average Bonchev–Trinajstić information content (AvgIpc) is 2.53. The predicted octanol–water partition coefficient (Wildman–Crippen LogP) is 2.20. The Morgan fingerprint density at radius 2 is 1.83 bits per heavy atom. The average molecular weight is 331 g/mol. The van der Waals surface area contributed by atoms with E-state index < -0.39 is 22.0 Å². The summed E-state index contributed by atoms with van der Waals surface area (Å²) in [5.41, 5.74) is 2.55. The van der Waals surface area contributed by atoms with Gasteiger partial charge < -0.3 is 5.11 Å². The topological polar surface area (TPSA) is 74.7 Å². The molecule has 2 aromatic carbocycles. The molecule has 0 aliphatic carbocycles. The first-order chi connectivity index (χ1) is 10.9. The number of fused-ring (bicyclic) bond motifs is 1. The van der Waals surface area contributed by atoms with E-state index >= 15 is 0 Å². The molecule has 1 aliphatic heterocycles. The highest BCUT2D eigenvalue weighted by atomic mass is 32.2. The lowest BCUT2D eigenvalue weighted by atomic mass is 9.96. The minimum Gasteiger partial charge on any atom is -0.480 e. The highest BCUT2D eigenvalue weighted by molar-refractivity contribution is 7.89. The van der Waals surface area contributed by atoms with Crippen LogP contribution in [0, 0.1) is 6.92 Å². The maximum absolute atomic E-state index is 12.9. The van der Waals surface area contributed by atoms with Crippen LogP contribution in [-0.2, 0) is 27.8 Å². The van der Waals surface area contributed by atoms with Gasteiger partial charge in [-0.15, -0.1) is 0 Å². The molecule has 23 heavy (non-hydrogen) atoms. The number of nitrogens with zero attached hydrogens (tertiary/aromatic N) is 1. The lowest BCUT2D eigenvalue weighted by molar-refractivity contribution is -0.141. The van der Waals surface area contributed by atoms with Crippen molar-refractivity contribution < 1.29 is 18.3 Å². The molecular formula is C17H17NO4S. The van der Waals surface area contributed by atoms with E-state index in [9.17, 15) is 18.3 Å². The zero-order valence-electron chi connectivity index (χ0n) is 12.6. The van der Waals surface area contributed by atoms with Gasteiger partial charge in [-0.05, 0) is 35.7 Å². The van der Waals surface area contributed by atoms with Gasteiger partial charge >= 0.3 is 5.97 Å². The van der Waals surface area contributed by atoms with Gasteiger partial charge in [-0.25, -0.2) is 8.42 Å². The van der Waals surface area contributed by atoms with Gasteiger partial charge in [0.1, 0.15) is 6.04 Å². The molecule has 120 valence electrons. The maximum Gasteiger partial charge on any atom is 0.322 e. The monoisotopic (exact) mass is 331 g/mol. The summed E-state index contributed by atoms with van der Waals surface area (Å²) >= 11 is 0. The summed E-state index contributed by atoms with van der Waals surface area (Å²) in [6.07, 6.45) is 0.177. The second kappa shape index (κ2) is 5.79. The quantitative estimate of drug-likeness (QED) is 0.935. The van der Waals surface area contributed by atoms with E-state index in [1.165, 1.54) is 6.07 Å². The van der Waals surface area contributed by atoms with Crippen molar-refractivity contribution >= 4 is 16.0 Å². The zero-order valence-corrected chi connectivity index (χ0v) is 13.5. The van der Waals surface area contributed by atoms with Gasteiger partial charge in [-0.3, -0.25) is 4.79 Å². The third-order valence-electron chi connectivity index (χ3n) is 4.09. The summed E-state index contributed by atoms with van der Waals surface area (Å²) in [5.74, 6) is -1.13. The molecule has 0 bridgehead atoms. The molecule has 1 unspecified atom stereocenters. The van der Waals surface area contributed by atoms with E-state index in [2.05, 4.69) is 0 Å². The molecule has 1 heterocycles. The van der Waals surface area contributed by atoms with E-state index in [1.807, 2.05) is 24.3 Å². The number of rotatable bonds is 3. The fourth-order valence-corrected chi connectivity index (χ4v) is 4.54. The van der Waals surface area contributed by atoms with Gasteiger partial charge in [-0.1, -0.05) is 36.4 Å². The van der Waals surface area contributed by atoms with Crippen LogP contribution in [0.3, 0.4) is 0 Å². The lowest BCUT2D eigenvalue weighted by Crippen LogP contribution is -2.48. The number of aryl methyl sites for hydroxylation is 1. The molecule has 5 nitrogen and oxygen atoms in total. The Balaban J connectivity index is 2.07. The van der Waals surface area contributed by atoms with Crippen molar-refractivity contribution in [3.05, 3.63) is 65.2 Å². The number of benzene rings is 2. The predicted molar refractivity (Wildman–Crippen MR) is 85.5 cm³/mol. The minimum absolute atomic E-state index is 0.0728. The summed E-state index contributed by atoms with van der Waals surface area (Å²) in [4.78, 5) is 11.7. The molecule has 0 aromatic heterocycles. The second-order valence-electron chi connectivity index (χ2n) is 5.69. The standard InChI is InChI=1S/C17H17NO4S/c1-12-5-4-8-15(9-12)23(21,22)18-11-14-7-3-2-6-13(14)10-16(18)17(19)20/h2-9,16H,10-11H2,1H3,(H,19,20). The first kappa shape index (κ1) is 15.7. The van der Waals surface area contributed by atoms with Gasteiger partial charge in [0.2, 0.25) is 10.0 Å². The van der Waals surface area contributed by atoms with E-state index in [0.717, 1.165) is 21.0 Å². The van der Waals surface area contributed by atoms with Crippen LogP contribution in [0.15, 0.2) is 53.4 Å². The molecule has 3 rings (SSSR count). The Bertz CT molecular complexity index is 860. The maximum atomic E-state index is 12.9. The molecule has 0 spiro atoms. The third-order valence-corrected chi connectivity index (χ3v) is 5.94. The van der Waals surface area contributed by atoms with Crippen molar-refractivity contribution in [2.24, 2.45) is 0 Å². The molecule has 1 atom stereocenters. The van der Waals surface area contributed by atoms with E-state index in [0.29, 0.717) is 0 Å². The summed E-state index contributed by atoms with van der Waals surface area (Å²) in [6.45, 7) is 1.88. The highest BCUT2D eigenvalue weighted by Gasteiger charge is 2.39. The van der Waals surface area contributed by atoms with Crippen molar-refractivity contribution in [2.75, 3.05) is 0 Å². The molecule has 2 aromatic rings. The number of carboxylic acids is 1. The van der Waals surface area contributed by atoms with Crippen molar-refractivity contribution in [3.8, 4) is 0 Å². The molecular weight excluding hydrogens is 314 g/mol. The third kappa shape index (κ3) is 2.87. The fraction of sp³-hybridized carbons (Fsp3) is 0.235. The number of aliphatic carboxylic acids is 1. The summed E-state index contributed by atoms with van der Waals surface area (Å²) < 4.78 is 26.9. The minimum atomic E-state index is -3.87. The smallest absolute Gasteiger partial charge is 0.322 e. The first-order valence-corrected chi connectivity index (χ1v) is 8.72. The summed E-state index contributed by atoms with van der Waals surface area (Å²) in [6, 6.07) is 12.8. The van der Waals surface area contributed by atoms with Crippen LogP contribution >= 0.6 is 0 Å². The van der Waals surface area contributed by atoms with Crippen molar-refractivity contribution in [1.82, 2.24) is 4.31 Å². The molecule has 0 fully saturated rings. The van der Waals surface area contributed by atoms with Crippen molar-refractivity contribution in [3.63, 3.8) is 0 Å². The number of carbonyl (C=O) groups is 1. The molecule has 0 amide bonds. The van der Waals surface area contributed by atoms with Crippen molar-refractivity contribution in [2.45, 2.75) is 30.8 Å². The van der Waals surface area contributed by atoms with Crippen LogP contribution in [0.4, 0.5) is 0 Å². The Hall–Kier alpha value is -2.18. The SMILES string of the molecule is Cc1cccc(S(=O)(=O)N2Cc3ccccc3CC2C(=O)O)c1. The molecule has 1 aliphatic rings. The lowest BCUT2D eigenvalue weighted by Gasteiger charge is -2.33. The van der Waals surface area contributed by atoms with E-state index in [-0.39, 0.29) is 17.9 Å². The zero-order chi connectivity index (χ0) is 16.6. The Labute approximate surface area is 135 Å². The number of hydrogen-bond acceptors (Lipinski definition) is 3. The molecule has 6 heteroatoms. The fourth-order valence-electron chi connectivity index (χ4n) is 2.87. The van der Waals surface area contributed by atoms with Gasteiger partial charge in [0.25, 0.3) is 0 Å². The first-order valence-electron chi connectivity index (χ1n) is 7.27. The number of carboxylic acid groups (broad SMARTS) is 1. The highest BCUT2D eigenvalue weighted by Crippen LogP contribution is 2.29. The van der Waals surface area contributed by atoms with Gasteiger partial charge in [0.15, 0.2) is 0 Å². The molecule has 0 saturated carbocycles. The molecule has 0 saturated heterocycles. The molecule has 1 N–H and O–H groups in total. The van der Waals surface area contributed by atoms with Gasteiger partial charge in [0, 0.05) is 13.0 Å². The van der Waals surface area contributed by atoms with E-state index in [1.54, 1.807) is 25.1 Å². The van der Waals surface area contributed by atoms with Crippen LogP contribution in [-0.4, -0.2) is 29.8 Å². The van der Waals surface area contributed by atoms with Crippen LogP contribution in [0.2, 0.25) is 0 Å². The van der Waals surface area contributed by atoms with Gasteiger partial charge in [-0.2, -0.15) is 4.31 Å². The Kier molecular flexibility index (Phi) is 3.95. The van der Waals surface area contributed by atoms with Crippen LogP contribution in [0.1, 0.15) is 16.7 Å². The summed E-state index contributed by atoms with van der Waals surface area (Å²) in [5, 5.41) is 9.49. The van der Waals surface area contributed by atoms with Gasteiger partial charge in [0.05, 0.1) is 4.90 Å². The number of hydrogen-bond donors (Lipinski definition) is 1. The van der Waals surface area contributed by atoms with Crippen LogP contribution in [0.25, 0.3) is 0 Å². The van der Waals surface area contributed by atoms with Crippen molar-refractivity contribution in [1.29, 1.82) is 0 Å². The second-order valence-corrected chi connectivity index (χ2v) is 7.58. The molecule has 0 radical (unpaired) electrons. The Morgan fingerprint density at radius 1 is 1.13 bits per heavy atom. The van der Waals surface area contributed by atoms with Crippen LogP contribution in [0.5, 0.6) is 0 Å².